The van der Waals surface area contributed by atoms with Crippen LogP contribution in [0.15, 0.2) is 75.0 Å². The quantitative estimate of drug-likeness (QED) is 0.379. The van der Waals surface area contributed by atoms with Gasteiger partial charge in [0.25, 0.3) is 5.91 Å². The first-order valence-electron chi connectivity index (χ1n) is 9.46. The fourth-order valence-corrected chi connectivity index (χ4v) is 4.42. The van der Waals surface area contributed by atoms with Crippen molar-refractivity contribution < 1.29 is 9.21 Å². The van der Waals surface area contributed by atoms with Crippen LogP contribution in [-0.4, -0.2) is 22.5 Å². The maximum Gasteiger partial charge on any atom is 0.266 e. The number of furan rings is 1. The fraction of sp³-hybridized carbons (Fsp3) is 0.130. The summed E-state index contributed by atoms with van der Waals surface area (Å²) < 4.78 is 5.92. The number of rotatable bonds is 5. The monoisotopic (exact) mass is 456 g/mol. The van der Waals surface area contributed by atoms with E-state index in [0.29, 0.717) is 43.7 Å². The molecule has 1 amide bonds. The first-order chi connectivity index (χ1) is 14.6. The summed E-state index contributed by atoms with van der Waals surface area (Å²) in [7, 11) is 0. The van der Waals surface area contributed by atoms with E-state index in [1.807, 2.05) is 61.5 Å². The average Bonchev–Trinajstić information content (AvgIpc) is 3.32. The highest BCUT2D eigenvalue weighted by Gasteiger charge is 2.33. The predicted octanol–water partition coefficient (Wildman–Crippen LogP) is 7.27. The van der Waals surface area contributed by atoms with E-state index in [4.69, 9.17) is 27.6 Å². The van der Waals surface area contributed by atoms with E-state index in [9.17, 15) is 4.79 Å². The van der Waals surface area contributed by atoms with Gasteiger partial charge < -0.3 is 4.42 Å². The summed E-state index contributed by atoms with van der Waals surface area (Å²) in [4.78, 5) is 19.9. The van der Waals surface area contributed by atoms with Gasteiger partial charge in [0.1, 0.15) is 11.5 Å². The zero-order chi connectivity index (χ0) is 21.1. The van der Waals surface area contributed by atoms with E-state index in [0.717, 1.165) is 12.1 Å². The number of para-hydroxylation sites is 1. The second-order valence-electron chi connectivity index (χ2n) is 6.60. The van der Waals surface area contributed by atoms with Crippen molar-refractivity contribution in [1.82, 2.24) is 4.90 Å². The van der Waals surface area contributed by atoms with E-state index >= 15 is 0 Å². The van der Waals surface area contributed by atoms with Crippen molar-refractivity contribution in [3.05, 3.63) is 81.4 Å². The summed E-state index contributed by atoms with van der Waals surface area (Å²) in [5, 5.41) is 1.57. The largest absolute Gasteiger partial charge is 0.457 e. The smallest absolute Gasteiger partial charge is 0.266 e. The van der Waals surface area contributed by atoms with Crippen LogP contribution < -0.4 is 0 Å². The van der Waals surface area contributed by atoms with Crippen molar-refractivity contribution in [3.63, 3.8) is 0 Å². The number of amidine groups is 1. The van der Waals surface area contributed by atoms with Crippen LogP contribution in [0.25, 0.3) is 17.4 Å². The van der Waals surface area contributed by atoms with E-state index in [1.165, 1.54) is 11.8 Å². The molecule has 0 spiro atoms. The zero-order valence-corrected chi connectivity index (χ0v) is 18.5. The number of aliphatic imine (C=N–C) groups is 1. The lowest BCUT2D eigenvalue weighted by Crippen LogP contribution is -2.29. The number of nitrogens with zero attached hydrogens (tertiary/aromatic N) is 2. The molecule has 4 nitrogen and oxygen atoms in total. The molecule has 2 heterocycles. The zero-order valence-electron chi connectivity index (χ0n) is 16.1. The van der Waals surface area contributed by atoms with Gasteiger partial charge in [0.15, 0.2) is 5.17 Å². The van der Waals surface area contributed by atoms with Gasteiger partial charge in [-0.25, -0.2) is 4.99 Å². The number of carbonyl (C=O) groups is 1. The third-order valence-corrected chi connectivity index (χ3v) is 6.26. The molecular weight excluding hydrogens is 439 g/mol. The second kappa shape index (κ2) is 9.13. The van der Waals surface area contributed by atoms with Gasteiger partial charge in [0.2, 0.25) is 0 Å². The van der Waals surface area contributed by atoms with Gasteiger partial charge in [-0.05, 0) is 54.6 Å². The lowest BCUT2D eigenvalue weighted by atomic mass is 10.2. The number of halogens is 2. The van der Waals surface area contributed by atoms with E-state index in [-0.39, 0.29) is 5.91 Å². The third kappa shape index (κ3) is 4.33. The minimum Gasteiger partial charge on any atom is -0.457 e. The summed E-state index contributed by atoms with van der Waals surface area (Å²) >= 11 is 13.7. The molecule has 0 radical (unpaired) electrons. The lowest BCUT2D eigenvalue weighted by molar-refractivity contribution is -0.122. The Hall–Kier alpha value is -2.47. The van der Waals surface area contributed by atoms with Crippen LogP contribution in [-0.2, 0) is 4.79 Å². The highest BCUT2D eigenvalue weighted by Crippen LogP contribution is 2.37. The summed E-state index contributed by atoms with van der Waals surface area (Å²) in [6, 6.07) is 18.6. The minimum absolute atomic E-state index is 0.0738. The van der Waals surface area contributed by atoms with Crippen LogP contribution >= 0.6 is 35.0 Å². The highest BCUT2D eigenvalue weighted by atomic mass is 35.5. The molecule has 7 heteroatoms. The standard InChI is InChI=1S/C23H18Cl2N2O2S/c1-2-13-27-22(28)20(30-23(27)26-15-7-4-3-5-8-15)14-16-11-12-19(29-16)17-9-6-10-18(24)21(17)25/h3-12,14H,2,13H2,1H3/b20-14-,26-23?. The van der Waals surface area contributed by atoms with Crippen LogP contribution in [0, 0.1) is 0 Å². The van der Waals surface area contributed by atoms with Crippen LogP contribution in [0.1, 0.15) is 19.1 Å². The van der Waals surface area contributed by atoms with E-state index < -0.39 is 0 Å². The van der Waals surface area contributed by atoms with Crippen LogP contribution in [0.4, 0.5) is 5.69 Å². The Bertz CT molecular complexity index is 1140. The Labute approximate surface area is 189 Å². The molecule has 0 unspecified atom stereocenters. The minimum atomic E-state index is -0.0738. The predicted molar refractivity (Wildman–Crippen MR) is 125 cm³/mol. The molecule has 1 fully saturated rings. The molecule has 152 valence electrons. The Kier molecular flexibility index (Phi) is 6.32. The summed E-state index contributed by atoms with van der Waals surface area (Å²) in [6.45, 7) is 2.64. The molecule has 1 aromatic heterocycles. The lowest BCUT2D eigenvalue weighted by Gasteiger charge is -2.13. The maximum absolute atomic E-state index is 13.0. The third-order valence-electron chi connectivity index (χ3n) is 4.43. The summed E-state index contributed by atoms with van der Waals surface area (Å²) in [6.07, 6.45) is 2.58. The fourth-order valence-electron chi connectivity index (χ4n) is 3.02. The van der Waals surface area contributed by atoms with Gasteiger partial charge in [0, 0.05) is 18.2 Å². The molecule has 4 rings (SSSR count). The molecule has 0 bridgehead atoms. The molecule has 3 aromatic rings. The van der Waals surface area contributed by atoms with Gasteiger partial charge in [-0.15, -0.1) is 0 Å². The molecule has 0 N–H and O–H groups in total. The molecule has 0 saturated carbocycles. The molecule has 2 aromatic carbocycles. The van der Waals surface area contributed by atoms with E-state index in [1.54, 1.807) is 17.0 Å². The molecule has 30 heavy (non-hydrogen) atoms. The van der Waals surface area contributed by atoms with Crippen molar-refractivity contribution in [1.29, 1.82) is 0 Å². The molecule has 1 aliphatic heterocycles. The van der Waals surface area contributed by atoms with Gasteiger partial charge in [-0.3, -0.25) is 9.69 Å². The van der Waals surface area contributed by atoms with Gasteiger partial charge in [-0.1, -0.05) is 54.4 Å². The first-order valence-corrected chi connectivity index (χ1v) is 11.0. The molecule has 1 aliphatic rings. The number of amides is 1. The summed E-state index contributed by atoms with van der Waals surface area (Å²) in [5.74, 6) is 1.08. The van der Waals surface area contributed by atoms with Crippen molar-refractivity contribution >= 4 is 57.8 Å². The second-order valence-corrected chi connectivity index (χ2v) is 8.40. The van der Waals surface area contributed by atoms with Gasteiger partial charge >= 0.3 is 0 Å². The topological polar surface area (TPSA) is 45.8 Å². The van der Waals surface area contributed by atoms with Crippen molar-refractivity contribution in [3.8, 4) is 11.3 Å². The first kappa shape index (κ1) is 20.8. The van der Waals surface area contributed by atoms with Gasteiger partial charge in [0.05, 0.1) is 20.6 Å². The summed E-state index contributed by atoms with van der Waals surface area (Å²) in [5.41, 5.74) is 1.52. The van der Waals surface area contributed by atoms with Crippen molar-refractivity contribution in [2.75, 3.05) is 6.54 Å². The molecule has 0 atom stereocenters. The van der Waals surface area contributed by atoms with Crippen LogP contribution in [0.3, 0.4) is 0 Å². The number of benzene rings is 2. The number of hydrogen-bond donors (Lipinski definition) is 0. The van der Waals surface area contributed by atoms with Crippen molar-refractivity contribution in [2.45, 2.75) is 13.3 Å². The van der Waals surface area contributed by atoms with Crippen LogP contribution in [0.5, 0.6) is 0 Å². The Morgan fingerprint density at radius 2 is 1.87 bits per heavy atom. The normalized spacial score (nSPS) is 16.8. The average molecular weight is 457 g/mol. The maximum atomic E-state index is 13.0. The number of carbonyl (C=O) groups excluding carboxylic acids is 1. The SMILES string of the molecule is CCCN1C(=O)/C(=C/c2ccc(-c3cccc(Cl)c3Cl)o2)SC1=Nc1ccccc1. The Morgan fingerprint density at radius 1 is 1.07 bits per heavy atom. The van der Waals surface area contributed by atoms with E-state index in [2.05, 4.69) is 4.99 Å². The van der Waals surface area contributed by atoms with Gasteiger partial charge in [-0.2, -0.15) is 0 Å². The van der Waals surface area contributed by atoms with Crippen molar-refractivity contribution in [2.24, 2.45) is 4.99 Å². The number of hydrogen-bond acceptors (Lipinski definition) is 4. The Morgan fingerprint density at radius 3 is 2.63 bits per heavy atom. The molecular formula is C23H18Cl2N2O2S. The molecule has 0 aliphatic carbocycles. The highest BCUT2D eigenvalue weighted by molar-refractivity contribution is 8.18. The number of thioether (sulfide) groups is 1. The molecule has 1 saturated heterocycles. The Balaban J connectivity index is 1.64. The van der Waals surface area contributed by atoms with Crippen LogP contribution in [0.2, 0.25) is 10.0 Å².